The van der Waals surface area contributed by atoms with E-state index in [0.717, 1.165) is 12.1 Å². The molecular formula is C12H8FNO3. The summed E-state index contributed by atoms with van der Waals surface area (Å²) in [5.74, 6) is -1.35. The second kappa shape index (κ2) is 4.21. The Labute approximate surface area is 96.1 Å². The highest BCUT2D eigenvalue weighted by atomic mass is 19.1. The maximum Gasteiger partial charge on any atom is 0.311 e. The number of rotatable bonds is 2. The number of benzene rings is 2. The molecule has 5 heteroatoms. The predicted octanol–water partition coefficient (Wildman–Crippen LogP) is 3.11. The van der Waals surface area contributed by atoms with Gasteiger partial charge in [0.1, 0.15) is 5.82 Å². The molecule has 2 rings (SSSR count). The Morgan fingerprint density at radius 2 is 1.76 bits per heavy atom. The van der Waals surface area contributed by atoms with E-state index in [4.69, 9.17) is 0 Å². The lowest BCUT2D eigenvalue weighted by molar-refractivity contribution is -0.385. The van der Waals surface area contributed by atoms with E-state index < -0.39 is 22.2 Å². The van der Waals surface area contributed by atoms with E-state index in [1.807, 2.05) is 0 Å². The molecule has 0 amide bonds. The molecule has 0 atom stereocenters. The summed E-state index contributed by atoms with van der Waals surface area (Å²) >= 11 is 0. The number of hydrogen-bond acceptors (Lipinski definition) is 3. The van der Waals surface area contributed by atoms with Gasteiger partial charge >= 0.3 is 5.69 Å². The Balaban J connectivity index is 2.69. The molecule has 0 aliphatic heterocycles. The van der Waals surface area contributed by atoms with Crippen LogP contribution in [0.5, 0.6) is 5.75 Å². The second-order valence-corrected chi connectivity index (χ2v) is 3.41. The summed E-state index contributed by atoms with van der Waals surface area (Å²) in [5.41, 5.74) is -0.267. The molecule has 0 radical (unpaired) electrons. The van der Waals surface area contributed by atoms with E-state index in [9.17, 15) is 19.6 Å². The van der Waals surface area contributed by atoms with Gasteiger partial charge in [0, 0.05) is 6.07 Å². The normalized spacial score (nSPS) is 10.2. The number of aromatic hydroxyl groups is 1. The molecule has 0 saturated heterocycles. The minimum absolute atomic E-state index is 0.153. The monoisotopic (exact) mass is 233 g/mol. The van der Waals surface area contributed by atoms with Crippen molar-refractivity contribution < 1.29 is 14.4 Å². The van der Waals surface area contributed by atoms with Crippen LogP contribution in [0, 0.1) is 15.9 Å². The minimum Gasteiger partial charge on any atom is -0.502 e. The van der Waals surface area contributed by atoms with Crippen LogP contribution in [0.25, 0.3) is 11.1 Å². The summed E-state index contributed by atoms with van der Waals surface area (Å²) in [6.07, 6.45) is 0. The largest absolute Gasteiger partial charge is 0.502 e. The summed E-state index contributed by atoms with van der Waals surface area (Å²) in [6, 6.07) is 10.1. The zero-order chi connectivity index (χ0) is 12.4. The maximum absolute atomic E-state index is 13.6. The van der Waals surface area contributed by atoms with E-state index >= 15 is 0 Å². The molecule has 0 aliphatic rings. The van der Waals surface area contributed by atoms with Crippen LogP contribution in [0.1, 0.15) is 0 Å². The first kappa shape index (κ1) is 11.1. The van der Waals surface area contributed by atoms with E-state index in [0.29, 0.717) is 5.56 Å². The SMILES string of the molecule is O=[N+]([O-])c1ccc(F)c(-c2ccccc2)c1O. The summed E-state index contributed by atoms with van der Waals surface area (Å²) in [6.45, 7) is 0. The lowest BCUT2D eigenvalue weighted by Crippen LogP contribution is -1.93. The highest BCUT2D eigenvalue weighted by Crippen LogP contribution is 2.38. The van der Waals surface area contributed by atoms with Crippen molar-refractivity contribution in [1.82, 2.24) is 0 Å². The van der Waals surface area contributed by atoms with Crippen molar-refractivity contribution >= 4 is 5.69 Å². The van der Waals surface area contributed by atoms with Crippen LogP contribution in [0.2, 0.25) is 0 Å². The van der Waals surface area contributed by atoms with E-state index in [-0.39, 0.29) is 5.56 Å². The van der Waals surface area contributed by atoms with Crippen LogP contribution in [-0.2, 0) is 0 Å². The average Bonchev–Trinajstić information content (AvgIpc) is 2.30. The molecule has 0 unspecified atom stereocenters. The number of phenols is 1. The van der Waals surface area contributed by atoms with Crippen LogP contribution >= 0.6 is 0 Å². The number of nitrogens with zero attached hydrogens (tertiary/aromatic N) is 1. The van der Waals surface area contributed by atoms with Gasteiger partial charge < -0.3 is 5.11 Å². The first-order valence-corrected chi connectivity index (χ1v) is 4.82. The van der Waals surface area contributed by atoms with Gasteiger partial charge in [-0.1, -0.05) is 30.3 Å². The summed E-state index contributed by atoms with van der Waals surface area (Å²) < 4.78 is 13.6. The Morgan fingerprint density at radius 3 is 2.35 bits per heavy atom. The molecule has 2 aromatic rings. The third-order valence-corrected chi connectivity index (χ3v) is 2.36. The van der Waals surface area contributed by atoms with Crippen molar-refractivity contribution in [3.63, 3.8) is 0 Å². The van der Waals surface area contributed by atoms with E-state index in [2.05, 4.69) is 0 Å². The number of hydrogen-bond donors (Lipinski definition) is 1. The molecular weight excluding hydrogens is 225 g/mol. The molecule has 0 spiro atoms. The van der Waals surface area contributed by atoms with Crippen molar-refractivity contribution in [2.24, 2.45) is 0 Å². The maximum atomic E-state index is 13.6. The van der Waals surface area contributed by atoms with Gasteiger partial charge in [0.25, 0.3) is 0 Å². The van der Waals surface area contributed by atoms with Crippen LogP contribution in [0.3, 0.4) is 0 Å². The Hall–Kier alpha value is -2.43. The van der Waals surface area contributed by atoms with Gasteiger partial charge in [0.05, 0.1) is 10.5 Å². The fourth-order valence-electron chi connectivity index (χ4n) is 1.58. The zero-order valence-electron chi connectivity index (χ0n) is 8.63. The first-order valence-electron chi connectivity index (χ1n) is 4.82. The molecule has 4 nitrogen and oxygen atoms in total. The summed E-state index contributed by atoms with van der Waals surface area (Å²) in [5, 5.41) is 20.4. The Morgan fingerprint density at radius 1 is 1.12 bits per heavy atom. The molecule has 0 bridgehead atoms. The zero-order valence-corrected chi connectivity index (χ0v) is 8.63. The lowest BCUT2D eigenvalue weighted by Gasteiger charge is -2.06. The number of phenolic OH excluding ortho intramolecular Hbond substituents is 1. The molecule has 0 saturated carbocycles. The third kappa shape index (κ3) is 1.94. The van der Waals surface area contributed by atoms with Crippen molar-refractivity contribution in [1.29, 1.82) is 0 Å². The van der Waals surface area contributed by atoms with Gasteiger partial charge in [-0.05, 0) is 11.6 Å². The van der Waals surface area contributed by atoms with Crippen molar-refractivity contribution in [3.8, 4) is 16.9 Å². The minimum atomic E-state index is -0.749. The van der Waals surface area contributed by atoms with Gasteiger partial charge in [-0.3, -0.25) is 10.1 Å². The molecule has 0 aromatic heterocycles. The Bertz CT molecular complexity index is 569. The quantitative estimate of drug-likeness (QED) is 0.640. The van der Waals surface area contributed by atoms with Gasteiger partial charge in [-0.15, -0.1) is 0 Å². The summed E-state index contributed by atoms with van der Waals surface area (Å²) in [4.78, 5) is 9.89. The van der Waals surface area contributed by atoms with Gasteiger partial charge in [-0.2, -0.15) is 0 Å². The topological polar surface area (TPSA) is 63.4 Å². The molecule has 0 aliphatic carbocycles. The van der Waals surface area contributed by atoms with Gasteiger partial charge in [-0.25, -0.2) is 4.39 Å². The van der Waals surface area contributed by atoms with Crippen LogP contribution in [-0.4, -0.2) is 10.0 Å². The highest BCUT2D eigenvalue weighted by molar-refractivity contribution is 5.75. The standard InChI is InChI=1S/C12H8FNO3/c13-9-6-7-10(14(16)17)12(15)11(9)8-4-2-1-3-5-8/h1-7,15H. The Kier molecular flexibility index (Phi) is 2.74. The van der Waals surface area contributed by atoms with Crippen LogP contribution in [0.15, 0.2) is 42.5 Å². The number of halogens is 1. The smallest absolute Gasteiger partial charge is 0.311 e. The van der Waals surface area contributed by atoms with Crippen LogP contribution in [0.4, 0.5) is 10.1 Å². The van der Waals surface area contributed by atoms with Gasteiger partial charge in [0.2, 0.25) is 5.75 Å². The predicted molar refractivity (Wildman–Crippen MR) is 60.2 cm³/mol. The van der Waals surface area contributed by atoms with Crippen LogP contribution < -0.4 is 0 Å². The molecule has 2 aromatic carbocycles. The fourth-order valence-corrected chi connectivity index (χ4v) is 1.58. The molecule has 0 heterocycles. The lowest BCUT2D eigenvalue weighted by atomic mass is 10.0. The molecule has 17 heavy (non-hydrogen) atoms. The summed E-state index contributed by atoms with van der Waals surface area (Å²) in [7, 11) is 0. The molecule has 1 N–H and O–H groups in total. The first-order chi connectivity index (χ1) is 8.11. The fraction of sp³-hybridized carbons (Fsp3) is 0. The third-order valence-electron chi connectivity index (χ3n) is 2.36. The van der Waals surface area contributed by atoms with Gasteiger partial charge in [0.15, 0.2) is 0 Å². The molecule has 0 fully saturated rings. The van der Waals surface area contributed by atoms with Crippen molar-refractivity contribution in [3.05, 3.63) is 58.4 Å². The average molecular weight is 233 g/mol. The van der Waals surface area contributed by atoms with E-state index in [1.54, 1.807) is 30.3 Å². The molecule has 86 valence electrons. The number of nitro groups is 1. The number of nitro benzene ring substituents is 1. The second-order valence-electron chi connectivity index (χ2n) is 3.41. The highest BCUT2D eigenvalue weighted by Gasteiger charge is 2.21. The van der Waals surface area contributed by atoms with Crippen molar-refractivity contribution in [2.75, 3.05) is 0 Å². The van der Waals surface area contributed by atoms with Crippen molar-refractivity contribution in [2.45, 2.75) is 0 Å². The van der Waals surface area contributed by atoms with E-state index in [1.165, 1.54) is 0 Å².